The van der Waals surface area contributed by atoms with Crippen molar-refractivity contribution >= 4 is 5.82 Å². The van der Waals surface area contributed by atoms with Crippen LogP contribution in [0.25, 0.3) is 0 Å². The molecule has 0 saturated carbocycles. The van der Waals surface area contributed by atoms with Gasteiger partial charge in [-0.3, -0.25) is 4.98 Å². The van der Waals surface area contributed by atoms with Crippen molar-refractivity contribution in [1.82, 2.24) is 9.97 Å². The molecule has 0 aliphatic heterocycles. The van der Waals surface area contributed by atoms with E-state index in [1.54, 1.807) is 12.4 Å². The van der Waals surface area contributed by atoms with Crippen LogP contribution in [0.2, 0.25) is 0 Å². The van der Waals surface area contributed by atoms with Crippen molar-refractivity contribution < 1.29 is 0 Å². The van der Waals surface area contributed by atoms with Gasteiger partial charge in [-0.05, 0) is 19.8 Å². The van der Waals surface area contributed by atoms with E-state index >= 15 is 0 Å². The molecule has 0 aliphatic rings. The average Bonchev–Trinajstić information content (AvgIpc) is 2.18. The van der Waals surface area contributed by atoms with Gasteiger partial charge in [0.05, 0.1) is 11.9 Å². The molecule has 3 heteroatoms. The predicted octanol–water partition coefficient (Wildman–Crippen LogP) is 3.17. The lowest BCUT2D eigenvalue weighted by atomic mass is 10.1. The summed E-state index contributed by atoms with van der Waals surface area (Å²) in [6.07, 6.45) is 8.38. The van der Waals surface area contributed by atoms with Crippen LogP contribution in [0.15, 0.2) is 12.4 Å². The number of hydrogen-bond donors (Lipinski definition) is 1. The molecule has 0 spiro atoms. The highest BCUT2D eigenvalue weighted by atomic mass is 15.0. The summed E-state index contributed by atoms with van der Waals surface area (Å²) in [5, 5.41) is 3.45. The normalized spacial score (nSPS) is 10.7. The first-order chi connectivity index (χ1) is 7.26. The molecule has 0 atom stereocenters. The van der Waals surface area contributed by atoms with Gasteiger partial charge in [0.2, 0.25) is 0 Å². The third-order valence-corrected chi connectivity index (χ3v) is 2.38. The standard InChI is InChI=1S/C12H21N3/c1-4-6-11(7-5-2)15-12-9-13-8-10(3)14-12/h8-9,11H,4-7H2,1-3H3,(H,14,15). The van der Waals surface area contributed by atoms with Crippen molar-refractivity contribution in [3.05, 3.63) is 18.1 Å². The van der Waals surface area contributed by atoms with Crippen molar-refractivity contribution in [2.75, 3.05) is 5.32 Å². The largest absolute Gasteiger partial charge is 0.366 e. The zero-order valence-electron chi connectivity index (χ0n) is 9.95. The van der Waals surface area contributed by atoms with Crippen LogP contribution in [-0.2, 0) is 0 Å². The number of aromatic nitrogens is 2. The number of rotatable bonds is 6. The SMILES string of the molecule is CCCC(CCC)Nc1cncc(C)n1. The summed E-state index contributed by atoms with van der Waals surface area (Å²) in [4.78, 5) is 8.54. The van der Waals surface area contributed by atoms with Crippen LogP contribution in [0, 0.1) is 6.92 Å². The topological polar surface area (TPSA) is 37.8 Å². The Morgan fingerprint density at radius 2 is 1.87 bits per heavy atom. The fourth-order valence-electron chi connectivity index (χ4n) is 1.73. The molecular weight excluding hydrogens is 186 g/mol. The van der Waals surface area contributed by atoms with Gasteiger partial charge >= 0.3 is 0 Å². The van der Waals surface area contributed by atoms with E-state index in [1.165, 1.54) is 25.7 Å². The number of nitrogens with zero attached hydrogens (tertiary/aromatic N) is 2. The van der Waals surface area contributed by atoms with Crippen molar-refractivity contribution in [2.24, 2.45) is 0 Å². The molecule has 0 aliphatic carbocycles. The van der Waals surface area contributed by atoms with Crippen LogP contribution in [0.1, 0.15) is 45.2 Å². The van der Waals surface area contributed by atoms with Crippen molar-refractivity contribution in [3.63, 3.8) is 0 Å². The van der Waals surface area contributed by atoms with Crippen LogP contribution >= 0.6 is 0 Å². The molecule has 0 amide bonds. The highest BCUT2D eigenvalue weighted by molar-refractivity contribution is 5.32. The van der Waals surface area contributed by atoms with Gasteiger partial charge < -0.3 is 5.32 Å². The van der Waals surface area contributed by atoms with Gasteiger partial charge in [0, 0.05) is 12.2 Å². The Balaban J connectivity index is 2.56. The molecule has 0 unspecified atom stereocenters. The minimum atomic E-state index is 0.538. The summed E-state index contributed by atoms with van der Waals surface area (Å²) in [6.45, 7) is 6.39. The van der Waals surface area contributed by atoms with Gasteiger partial charge in [-0.2, -0.15) is 0 Å². The molecule has 0 saturated heterocycles. The fraction of sp³-hybridized carbons (Fsp3) is 0.667. The van der Waals surface area contributed by atoms with Gasteiger partial charge in [0.15, 0.2) is 0 Å². The molecule has 1 rings (SSSR count). The molecule has 0 bridgehead atoms. The lowest BCUT2D eigenvalue weighted by molar-refractivity contribution is 0.584. The molecule has 1 aromatic heterocycles. The van der Waals surface area contributed by atoms with E-state index in [0.29, 0.717) is 6.04 Å². The Morgan fingerprint density at radius 3 is 2.40 bits per heavy atom. The number of hydrogen-bond acceptors (Lipinski definition) is 3. The Labute approximate surface area is 92.3 Å². The maximum absolute atomic E-state index is 4.40. The lowest BCUT2D eigenvalue weighted by Gasteiger charge is -2.17. The minimum Gasteiger partial charge on any atom is -0.366 e. The average molecular weight is 207 g/mol. The highest BCUT2D eigenvalue weighted by Crippen LogP contribution is 2.11. The highest BCUT2D eigenvalue weighted by Gasteiger charge is 2.06. The molecule has 0 aromatic carbocycles. The van der Waals surface area contributed by atoms with Crippen LogP contribution < -0.4 is 5.32 Å². The van der Waals surface area contributed by atoms with E-state index in [0.717, 1.165) is 11.5 Å². The predicted molar refractivity (Wildman–Crippen MR) is 64.0 cm³/mol. The first kappa shape index (κ1) is 12.0. The first-order valence-corrected chi connectivity index (χ1v) is 5.81. The molecule has 84 valence electrons. The lowest BCUT2D eigenvalue weighted by Crippen LogP contribution is -2.19. The van der Waals surface area contributed by atoms with Gasteiger partial charge in [0.25, 0.3) is 0 Å². The fourth-order valence-corrected chi connectivity index (χ4v) is 1.73. The van der Waals surface area contributed by atoms with Gasteiger partial charge in [0.1, 0.15) is 5.82 Å². The quantitative estimate of drug-likeness (QED) is 0.778. The van der Waals surface area contributed by atoms with E-state index in [2.05, 4.69) is 29.1 Å². The molecule has 1 heterocycles. The Bertz CT molecular complexity index is 280. The summed E-state index contributed by atoms with van der Waals surface area (Å²) in [5.74, 6) is 0.905. The molecule has 1 aromatic rings. The maximum atomic E-state index is 4.40. The Kier molecular flexibility index (Phi) is 5.08. The smallest absolute Gasteiger partial charge is 0.145 e. The van der Waals surface area contributed by atoms with Gasteiger partial charge in [-0.1, -0.05) is 26.7 Å². The second kappa shape index (κ2) is 6.38. The van der Waals surface area contributed by atoms with E-state index in [1.807, 2.05) is 6.92 Å². The van der Waals surface area contributed by atoms with E-state index in [-0.39, 0.29) is 0 Å². The summed E-state index contributed by atoms with van der Waals surface area (Å²) in [7, 11) is 0. The molecule has 0 radical (unpaired) electrons. The van der Waals surface area contributed by atoms with Gasteiger partial charge in [-0.25, -0.2) is 4.98 Å². The number of nitrogens with one attached hydrogen (secondary N) is 1. The third kappa shape index (κ3) is 4.28. The first-order valence-electron chi connectivity index (χ1n) is 5.81. The number of aryl methyl sites for hydroxylation is 1. The summed E-state index contributed by atoms with van der Waals surface area (Å²) < 4.78 is 0. The second-order valence-electron chi connectivity index (χ2n) is 3.96. The van der Waals surface area contributed by atoms with Crippen LogP contribution in [-0.4, -0.2) is 16.0 Å². The van der Waals surface area contributed by atoms with E-state index < -0.39 is 0 Å². The maximum Gasteiger partial charge on any atom is 0.145 e. The Morgan fingerprint density at radius 1 is 1.20 bits per heavy atom. The molecule has 1 N–H and O–H groups in total. The minimum absolute atomic E-state index is 0.538. The monoisotopic (exact) mass is 207 g/mol. The van der Waals surface area contributed by atoms with Crippen LogP contribution in [0.5, 0.6) is 0 Å². The zero-order valence-corrected chi connectivity index (χ0v) is 9.95. The molecular formula is C12H21N3. The van der Waals surface area contributed by atoms with Crippen LogP contribution in [0.4, 0.5) is 5.82 Å². The molecule has 0 fully saturated rings. The second-order valence-corrected chi connectivity index (χ2v) is 3.96. The summed E-state index contributed by atoms with van der Waals surface area (Å²) in [6, 6.07) is 0.538. The summed E-state index contributed by atoms with van der Waals surface area (Å²) in [5.41, 5.74) is 0.965. The van der Waals surface area contributed by atoms with Crippen LogP contribution in [0.3, 0.4) is 0 Å². The van der Waals surface area contributed by atoms with Crippen molar-refractivity contribution in [1.29, 1.82) is 0 Å². The zero-order chi connectivity index (χ0) is 11.1. The van der Waals surface area contributed by atoms with E-state index in [4.69, 9.17) is 0 Å². The van der Waals surface area contributed by atoms with Gasteiger partial charge in [-0.15, -0.1) is 0 Å². The van der Waals surface area contributed by atoms with Crippen molar-refractivity contribution in [3.8, 4) is 0 Å². The van der Waals surface area contributed by atoms with Crippen molar-refractivity contribution in [2.45, 2.75) is 52.5 Å². The third-order valence-electron chi connectivity index (χ3n) is 2.38. The van der Waals surface area contributed by atoms with E-state index in [9.17, 15) is 0 Å². The molecule has 3 nitrogen and oxygen atoms in total. The molecule has 15 heavy (non-hydrogen) atoms. The summed E-state index contributed by atoms with van der Waals surface area (Å²) >= 11 is 0. The Hall–Kier alpha value is -1.12. The number of anilines is 1.